The number of aliphatic hydroxyl groups is 11. The lowest BCUT2D eigenvalue weighted by Crippen LogP contribution is -2.66. The van der Waals surface area contributed by atoms with Crippen LogP contribution < -0.4 is 5.32 Å². The second-order valence-electron chi connectivity index (χ2n) is 28.5. The molecule has 0 saturated carbocycles. The highest BCUT2D eigenvalue weighted by Crippen LogP contribution is 2.33. The summed E-state index contributed by atoms with van der Waals surface area (Å²) >= 11 is 0. The lowest BCUT2D eigenvalue weighted by molar-refractivity contribution is -0.379. The van der Waals surface area contributed by atoms with Crippen LogP contribution in [-0.2, 0) is 33.2 Å². The van der Waals surface area contributed by atoms with Gasteiger partial charge in [0.25, 0.3) is 0 Å². The van der Waals surface area contributed by atoms with E-state index >= 15 is 0 Å². The molecule has 590 valence electrons. The maximum Gasteiger partial charge on any atom is 0.220 e. The number of amides is 1. The Bertz CT molecular complexity index is 2220. The number of ether oxygens (including phenoxy) is 6. The Morgan fingerprint density at radius 3 is 1.10 bits per heavy atom. The maximum absolute atomic E-state index is 13.5. The quantitative estimate of drug-likeness (QED) is 0.0199. The Morgan fingerprint density at radius 1 is 0.363 bits per heavy atom. The van der Waals surface area contributed by atoms with E-state index in [0.717, 1.165) is 77.0 Å². The normalized spacial score (nSPS) is 26.7. The zero-order valence-corrected chi connectivity index (χ0v) is 63.1. The summed E-state index contributed by atoms with van der Waals surface area (Å²) in [6, 6.07) is -1.00. The molecule has 19 nitrogen and oxygen atoms in total. The lowest BCUT2D eigenvalue weighted by atomic mass is 9.96. The number of carbonyl (C=O) groups excluding carboxylic acids is 1. The van der Waals surface area contributed by atoms with E-state index in [1.54, 1.807) is 6.08 Å². The minimum atomic E-state index is -1.99. The first-order chi connectivity index (χ1) is 49.8. The van der Waals surface area contributed by atoms with Crippen molar-refractivity contribution in [2.45, 2.75) is 394 Å². The summed E-state index contributed by atoms with van der Waals surface area (Å²) in [5.74, 6) is -0.288. The van der Waals surface area contributed by atoms with E-state index in [4.69, 9.17) is 28.4 Å². The SMILES string of the molecule is CC/C=C\C/C=C\C/C=C\C/C=C\C/C=C\CCCCCCCCCCCCCCCCCCCCCC(=O)NC(COC1OC(CO)C(OC2OC(CO)C(OC3OC(CO)C(O)C(O)C3O)C(O)C2O)C(O)C1O)C(O)/C=C/CC/C=C/CC/C=C/CCCCCCCCCCCCCC. The van der Waals surface area contributed by atoms with Gasteiger partial charge in [-0.25, -0.2) is 0 Å². The first kappa shape index (κ1) is 92.9. The zero-order valence-electron chi connectivity index (χ0n) is 63.1. The molecule has 17 unspecified atom stereocenters. The van der Waals surface area contributed by atoms with Gasteiger partial charge in [-0.2, -0.15) is 0 Å². The molecule has 0 spiro atoms. The van der Waals surface area contributed by atoms with Crippen LogP contribution in [0.5, 0.6) is 0 Å². The van der Waals surface area contributed by atoms with Crippen molar-refractivity contribution in [3.63, 3.8) is 0 Å². The Hall–Kier alpha value is -3.29. The molecule has 0 aromatic heterocycles. The summed E-state index contributed by atoms with van der Waals surface area (Å²) in [5.41, 5.74) is 0. The first-order valence-electron chi connectivity index (χ1n) is 40.5. The summed E-state index contributed by atoms with van der Waals surface area (Å²) in [4.78, 5) is 13.5. The third kappa shape index (κ3) is 42.3. The van der Waals surface area contributed by atoms with Crippen LogP contribution >= 0.6 is 0 Å². The van der Waals surface area contributed by atoms with Gasteiger partial charge in [-0.1, -0.05) is 291 Å². The van der Waals surface area contributed by atoms with Crippen molar-refractivity contribution in [3.8, 4) is 0 Å². The maximum atomic E-state index is 13.5. The highest BCUT2D eigenvalue weighted by atomic mass is 16.8. The van der Waals surface area contributed by atoms with Gasteiger partial charge in [-0.05, 0) is 89.9 Å². The number of aliphatic hydroxyl groups excluding tert-OH is 11. The van der Waals surface area contributed by atoms with Crippen LogP contribution in [0.15, 0.2) is 97.2 Å². The molecular weight excluding hydrogens is 1300 g/mol. The van der Waals surface area contributed by atoms with Crippen LogP contribution in [0, 0.1) is 0 Å². The average Bonchev–Trinajstić information content (AvgIpc) is 0.781. The van der Waals surface area contributed by atoms with Gasteiger partial charge in [-0.3, -0.25) is 4.79 Å². The Balaban J connectivity index is 1.36. The number of hydrogen-bond acceptors (Lipinski definition) is 18. The van der Waals surface area contributed by atoms with E-state index in [9.17, 15) is 61.0 Å². The van der Waals surface area contributed by atoms with Gasteiger partial charge in [0.1, 0.15) is 73.2 Å². The number of nitrogens with one attached hydrogen (secondary N) is 1. The summed E-state index contributed by atoms with van der Waals surface area (Å²) in [6.45, 7) is 1.62. The van der Waals surface area contributed by atoms with Gasteiger partial charge in [0.05, 0.1) is 38.6 Å². The fraction of sp³-hybridized carbons (Fsp3) is 0.795. The van der Waals surface area contributed by atoms with E-state index in [1.807, 2.05) is 6.08 Å². The molecule has 3 aliphatic rings. The molecule has 3 fully saturated rings. The van der Waals surface area contributed by atoms with Crippen LogP contribution in [0.4, 0.5) is 0 Å². The van der Waals surface area contributed by atoms with Gasteiger partial charge < -0.3 is 89.9 Å². The molecule has 0 aliphatic carbocycles. The fourth-order valence-corrected chi connectivity index (χ4v) is 13.1. The van der Waals surface area contributed by atoms with Crippen molar-refractivity contribution in [2.24, 2.45) is 0 Å². The summed E-state index contributed by atoms with van der Waals surface area (Å²) in [5, 5.41) is 121. The minimum absolute atomic E-state index is 0.230. The number of rotatable bonds is 63. The highest BCUT2D eigenvalue weighted by Gasteiger charge is 2.54. The molecule has 12 N–H and O–H groups in total. The smallest absolute Gasteiger partial charge is 0.220 e. The molecule has 3 heterocycles. The Morgan fingerprint density at radius 2 is 0.686 bits per heavy atom. The van der Waals surface area contributed by atoms with Crippen molar-refractivity contribution in [2.75, 3.05) is 26.4 Å². The lowest BCUT2D eigenvalue weighted by Gasteiger charge is -2.48. The zero-order chi connectivity index (χ0) is 73.9. The van der Waals surface area contributed by atoms with Crippen LogP contribution in [0.1, 0.15) is 290 Å². The van der Waals surface area contributed by atoms with E-state index in [-0.39, 0.29) is 18.9 Å². The molecular formula is C83H145NO18. The highest BCUT2D eigenvalue weighted by molar-refractivity contribution is 5.76. The van der Waals surface area contributed by atoms with Crippen LogP contribution in [0.25, 0.3) is 0 Å². The molecule has 19 heteroatoms. The van der Waals surface area contributed by atoms with E-state index < -0.39 is 124 Å². The molecule has 0 aromatic carbocycles. The van der Waals surface area contributed by atoms with E-state index in [0.29, 0.717) is 12.8 Å². The molecule has 0 bridgehead atoms. The number of allylic oxidation sites excluding steroid dienone is 15. The van der Waals surface area contributed by atoms with Crippen LogP contribution in [0.2, 0.25) is 0 Å². The van der Waals surface area contributed by atoms with Gasteiger partial charge >= 0.3 is 0 Å². The minimum Gasteiger partial charge on any atom is -0.394 e. The van der Waals surface area contributed by atoms with E-state index in [2.05, 4.69) is 104 Å². The second kappa shape index (κ2) is 62.7. The number of carbonyl (C=O) groups is 1. The largest absolute Gasteiger partial charge is 0.394 e. The molecule has 17 atom stereocenters. The predicted octanol–water partition coefficient (Wildman–Crippen LogP) is 13.6. The van der Waals surface area contributed by atoms with Gasteiger partial charge in [-0.15, -0.1) is 0 Å². The van der Waals surface area contributed by atoms with Gasteiger partial charge in [0.2, 0.25) is 5.91 Å². The Labute approximate surface area is 615 Å². The third-order valence-corrected chi connectivity index (χ3v) is 19.6. The molecule has 3 rings (SSSR count). The van der Waals surface area contributed by atoms with Crippen LogP contribution in [-0.4, -0.2) is 193 Å². The van der Waals surface area contributed by atoms with Crippen molar-refractivity contribution < 1.29 is 89.4 Å². The second-order valence-corrected chi connectivity index (χ2v) is 28.5. The first-order valence-corrected chi connectivity index (χ1v) is 40.5. The van der Waals surface area contributed by atoms with E-state index in [1.165, 1.54) is 180 Å². The van der Waals surface area contributed by atoms with Crippen molar-refractivity contribution in [3.05, 3.63) is 97.2 Å². The standard InChI is InChI=1S/C83H145NO18/c1-3-5-7-9-11-13-15-17-19-21-23-25-27-28-29-30-31-32-33-34-35-36-37-38-39-41-43-45-47-49-51-53-55-57-59-61-71(89)84-66(67(88)60-58-56-54-52-50-48-46-44-42-40-26-24-22-20-18-16-14-12-10-8-6-4-2)65-97-81-77(95)74(92)79(69(63-86)99-81)102-83-78(96)75(93)80(70(64-87)100-83)101-82-76(94)73(91)72(90)68(62-85)98-82/h5,7,11,13,17,19,23,25,28-29,42,44,50,52,58,60,66-70,72-83,85-88,90-96H,3-4,6,8-10,12,14-16,18,20-22,24,26-27,30-41,43,45-49,51,53-57,59,61-65H2,1-2H3,(H,84,89)/b7-5-,13-11-,19-17-,25-23-,29-28-,44-42+,52-50+,60-58+. The van der Waals surface area contributed by atoms with Gasteiger partial charge in [0, 0.05) is 6.42 Å². The number of hydrogen-bond donors (Lipinski definition) is 12. The summed E-state index contributed by atoms with van der Waals surface area (Å²) < 4.78 is 34.4. The molecule has 3 aliphatic heterocycles. The summed E-state index contributed by atoms with van der Waals surface area (Å²) in [7, 11) is 0. The average molecular weight is 1450 g/mol. The molecule has 0 aromatic rings. The molecule has 1 amide bonds. The molecule has 102 heavy (non-hydrogen) atoms. The fourth-order valence-electron chi connectivity index (χ4n) is 13.1. The van der Waals surface area contributed by atoms with Crippen molar-refractivity contribution >= 4 is 5.91 Å². The molecule has 3 saturated heterocycles. The van der Waals surface area contributed by atoms with Gasteiger partial charge in [0.15, 0.2) is 18.9 Å². The predicted molar refractivity (Wildman–Crippen MR) is 406 cm³/mol. The third-order valence-electron chi connectivity index (χ3n) is 19.6. The Kier molecular flexibility index (Phi) is 57.1. The molecule has 0 radical (unpaired) electrons. The summed E-state index contributed by atoms with van der Waals surface area (Å²) in [6.07, 6.45) is 58.3. The van der Waals surface area contributed by atoms with Crippen molar-refractivity contribution in [1.82, 2.24) is 5.32 Å². The monoisotopic (exact) mass is 1440 g/mol. The number of unbranched alkanes of at least 4 members (excludes halogenated alkanes) is 33. The van der Waals surface area contributed by atoms with Crippen molar-refractivity contribution in [1.29, 1.82) is 0 Å². The van der Waals surface area contributed by atoms with Crippen LogP contribution in [0.3, 0.4) is 0 Å². The topological polar surface area (TPSA) is 307 Å².